The van der Waals surface area contributed by atoms with Gasteiger partial charge in [0.25, 0.3) is 0 Å². The lowest BCUT2D eigenvalue weighted by Crippen LogP contribution is -1.99. The van der Waals surface area contributed by atoms with E-state index in [1.54, 1.807) is 0 Å². The molecule has 0 bridgehead atoms. The van der Waals surface area contributed by atoms with Gasteiger partial charge in [0.15, 0.2) is 0 Å². The number of anilines is 1. The van der Waals surface area contributed by atoms with Crippen LogP contribution in [0.1, 0.15) is 24.0 Å². The van der Waals surface area contributed by atoms with Crippen LogP contribution in [0.4, 0.5) is 10.5 Å². The molecule has 1 aliphatic rings. The highest BCUT2D eigenvalue weighted by Crippen LogP contribution is 2.33. The monoisotopic (exact) mass is 299 g/mol. The van der Waals surface area contributed by atoms with Crippen LogP contribution in [-0.4, -0.2) is 16.4 Å². The van der Waals surface area contributed by atoms with Crippen molar-refractivity contribution in [1.82, 2.24) is 0 Å². The Morgan fingerprint density at radius 1 is 1.00 bits per heavy atom. The van der Waals surface area contributed by atoms with Gasteiger partial charge in [0.05, 0.1) is 0 Å². The normalized spacial score (nSPS) is 12.9. The van der Waals surface area contributed by atoms with Gasteiger partial charge in [0.1, 0.15) is 0 Å². The molecule has 4 heteroatoms. The largest absolute Gasteiger partial charge is 0.503 e. The number of rotatable bonds is 5. The molecule has 1 fully saturated rings. The summed E-state index contributed by atoms with van der Waals surface area (Å²) in [7, 11) is 0. The molecule has 22 heavy (non-hydrogen) atoms. The van der Waals surface area contributed by atoms with E-state index in [4.69, 9.17) is 15.0 Å². The minimum atomic E-state index is -1.83. The fraction of sp³-hybridized carbons (Fsp3) is 0.278. The predicted molar refractivity (Wildman–Crippen MR) is 87.3 cm³/mol. The maximum Gasteiger partial charge on any atom is 0.503 e. The average molecular weight is 299 g/mol. The number of carbonyl (C=O) groups is 1. The zero-order valence-electron chi connectivity index (χ0n) is 12.4. The van der Waals surface area contributed by atoms with Crippen LogP contribution >= 0.6 is 0 Å². The summed E-state index contributed by atoms with van der Waals surface area (Å²) < 4.78 is 0. The molecular formula is C18H21NO3. The lowest BCUT2D eigenvalue weighted by molar-refractivity contribution is 0.137. The zero-order chi connectivity index (χ0) is 15.8. The summed E-state index contributed by atoms with van der Waals surface area (Å²) in [6.45, 7) is 0.897. The molecular weight excluding hydrogens is 278 g/mol. The summed E-state index contributed by atoms with van der Waals surface area (Å²) in [6.07, 6.45) is 2.25. The smallest absolute Gasteiger partial charge is 0.450 e. The highest BCUT2D eigenvalue weighted by atomic mass is 16.6. The van der Waals surface area contributed by atoms with Crippen molar-refractivity contribution in [2.75, 3.05) is 5.32 Å². The summed E-state index contributed by atoms with van der Waals surface area (Å²) in [5, 5.41) is 17.4. The number of nitrogens with one attached hydrogen (secondary N) is 1. The maximum atomic E-state index is 8.56. The van der Waals surface area contributed by atoms with Crippen LogP contribution in [0.2, 0.25) is 0 Å². The molecule has 0 unspecified atom stereocenters. The van der Waals surface area contributed by atoms with E-state index in [1.165, 1.54) is 36.1 Å². The summed E-state index contributed by atoms with van der Waals surface area (Å²) in [6, 6.07) is 19.4. The van der Waals surface area contributed by atoms with E-state index in [0.717, 1.165) is 12.5 Å². The van der Waals surface area contributed by atoms with Gasteiger partial charge in [-0.05, 0) is 48.4 Å². The summed E-state index contributed by atoms with van der Waals surface area (Å²) >= 11 is 0. The van der Waals surface area contributed by atoms with Crippen molar-refractivity contribution in [1.29, 1.82) is 0 Å². The van der Waals surface area contributed by atoms with E-state index < -0.39 is 6.16 Å². The molecule has 0 saturated heterocycles. The van der Waals surface area contributed by atoms with Gasteiger partial charge in [-0.2, -0.15) is 0 Å². The molecule has 0 aromatic heterocycles. The summed E-state index contributed by atoms with van der Waals surface area (Å²) in [4.78, 5) is 8.56. The molecule has 0 spiro atoms. The van der Waals surface area contributed by atoms with Crippen molar-refractivity contribution in [3.8, 4) is 0 Å². The van der Waals surface area contributed by atoms with Crippen molar-refractivity contribution in [2.24, 2.45) is 5.92 Å². The molecule has 116 valence electrons. The number of hydrogen-bond acceptors (Lipinski definition) is 2. The van der Waals surface area contributed by atoms with Crippen molar-refractivity contribution >= 4 is 11.8 Å². The Balaban J connectivity index is 0.000000396. The first-order chi connectivity index (χ1) is 10.6. The number of hydrogen-bond donors (Lipinski definition) is 3. The van der Waals surface area contributed by atoms with Crippen LogP contribution in [0.25, 0.3) is 0 Å². The van der Waals surface area contributed by atoms with Crippen LogP contribution in [0.3, 0.4) is 0 Å². The molecule has 3 rings (SSSR count). The van der Waals surface area contributed by atoms with Crippen LogP contribution in [0.15, 0.2) is 54.6 Å². The first-order valence-corrected chi connectivity index (χ1v) is 7.42. The van der Waals surface area contributed by atoms with Crippen LogP contribution in [0, 0.1) is 5.92 Å². The van der Waals surface area contributed by atoms with E-state index in [1.807, 2.05) is 0 Å². The van der Waals surface area contributed by atoms with E-state index in [-0.39, 0.29) is 0 Å². The fourth-order valence-electron chi connectivity index (χ4n) is 2.26. The second-order valence-electron chi connectivity index (χ2n) is 5.47. The molecule has 4 nitrogen and oxygen atoms in total. The average Bonchev–Trinajstić information content (AvgIpc) is 3.30. The standard InChI is InChI=1S/C17H19N.CH2O3/c1-2-5-15(6-3-1)13-18-17-8-4-7-16(12-17)11-14-9-10-14;2-1(3)4/h1-8,12,14,18H,9-11,13H2;(H2,2,3,4). The Morgan fingerprint density at radius 2 is 1.64 bits per heavy atom. The SMILES string of the molecule is O=C(O)O.c1ccc(CNc2cccc(CC3CC3)c2)cc1. The number of carboxylic acid groups (broad SMARTS) is 2. The lowest BCUT2D eigenvalue weighted by Gasteiger charge is -2.08. The van der Waals surface area contributed by atoms with Crippen LogP contribution in [0.5, 0.6) is 0 Å². The Morgan fingerprint density at radius 3 is 2.27 bits per heavy atom. The van der Waals surface area contributed by atoms with Gasteiger partial charge in [-0.15, -0.1) is 0 Å². The molecule has 0 radical (unpaired) electrons. The molecule has 2 aromatic carbocycles. The Hall–Kier alpha value is -2.49. The van der Waals surface area contributed by atoms with Crippen molar-refractivity contribution < 1.29 is 15.0 Å². The van der Waals surface area contributed by atoms with Gasteiger partial charge in [0, 0.05) is 12.2 Å². The molecule has 2 aromatic rings. The van der Waals surface area contributed by atoms with Crippen molar-refractivity contribution in [2.45, 2.75) is 25.8 Å². The topological polar surface area (TPSA) is 69.6 Å². The minimum absolute atomic E-state index is 0.897. The third-order valence-corrected chi connectivity index (χ3v) is 3.49. The molecule has 0 aliphatic heterocycles. The first kappa shape index (κ1) is 15.9. The predicted octanol–water partition coefficient (Wildman–Crippen LogP) is 4.47. The van der Waals surface area contributed by atoms with E-state index >= 15 is 0 Å². The Kier molecular flexibility index (Phi) is 5.83. The minimum Gasteiger partial charge on any atom is -0.450 e. The first-order valence-electron chi connectivity index (χ1n) is 7.42. The second kappa shape index (κ2) is 8.08. The van der Waals surface area contributed by atoms with E-state index in [9.17, 15) is 0 Å². The molecule has 0 heterocycles. The van der Waals surface area contributed by atoms with Crippen LogP contribution < -0.4 is 5.32 Å². The van der Waals surface area contributed by atoms with Crippen molar-refractivity contribution in [3.05, 3.63) is 65.7 Å². The fourth-order valence-corrected chi connectivity index (χ4v) is 2.26. The second-order valence-corrected chi connectivity index (χ2v) is 5.47. The van der Waals surface area contributed by atoms with E-state index in [0.29, 0.717) is 0 Å². The summed E-state index contributed by atoms with van der Waals surface area (Å²) in [5.41, 5.74) is 4.03. The Labute approximate surface area is 130 Å². The van der Waals surface area contributed by atoms with Gasteiger partial charge in [-0.1, -0.05) is 42.5 Å². The van der Waals surface area contributed by atoms with Gasteiger partial charge < -0.3 is 15.5 Å². The number of benzene rings is 2. The molecule has 0 atom stereocenters. The highest BCUT2D eigenvalue weighted by molar-refractivity contribution is 5.53. The van der Waals surface area contributed by atoms with Gasteiger partial charge in [-0.3, -0.25) is 0 Å². The lowest BCUT2D eigenvalue weighted by atomic mass is 10.1. The quantitative estimate of drug-likeness (QED) is 0.761. The summed E-state index contributed by atoms with van der Waals surface area (Å²) in [5.74, 6) is 0.953. The van der Waals surface area contributed by atoms with Gasteiger partial charge in [-0.25, -0.2) is 4.79 Å². The third kappa shape index (κ3) is 6.31. The van der Waals surface area contributed by atoms with Crippen molar-refractivity contribution in [3.63, 3.8) is 0 Å². The molecule has 1 saturated carbocycles. The maximum absolute atomic E-state index is 8.56. The highest BCUT2D eigenvalue weighted by Gasteiger charge is 2.21. The molecule has 1 aliphatic carbocycles. The molecule has 3 N–H and O–H groups in total. The third-order valence-electron chi connectivity index (χ3n) is 3.49. The van der Waals surface area contributed by atoms with E-state index in [2.05, 4.69) is 59.9 Å². The van der Waals surface area contributed by atoms with Gasteiger partial charge in [0.2, 0.25) is 0 Å². The Bertz CT molecular complexity index is 590. The molecule has 0 amide bonds. The van der Waals surface area contributed by atoms with Gasteiger partial charge >= 0.3 is 6.16 Å². The van der Waals surface area contributed by atoms with Crippen LogP contribution in [-0.2, 0) is 13.0 Å². The zero-order valence-corrected chi connectivity index (χ0v) is 12.4.